The van der Waals surface area contributed by atoms with Crippen LogP contribution in [0.4, 0.5) is 5.69 Å². The number of carboxylic acid groups (broad SMARTS) is 1. The molecule has 6 nitrogen and oxygen atoms in total. The minimum atomic E-state index is -0.855. The van der Waals surface area contributed by atoms with Gasteiger partial charge in [-0.05, 0) is 67.7 Å². The normalized spacial score (nSPS) is 12.5. The first kappa shape index (κ1) is 25.1. The number of amides is 1. The van der Waals surface area contributed by atoms with Crippen molar-refractivity contribution < 1.29 is 19.4 Å². The molecule has 0 aliphatic heterocycles. The van der Waals surface area contributed by atoms with Crippen molar-refractivity contribution >= 4 is 34.0 Å². The van der Waals surface area contributed by atoms with E-state index in [1.54, 1.807) is 18.2 Å². The Morgan fingerprint density at radius 3 is 2.68 bits per heavy atom. The highest BCUT2D eigenvalue weighted by molar-refractivity contribution is 6.04. The number of rotatable bonds is 12. The number of hydrogen-bond donors (Lipinski definition) is 2. The van der Waals surface area contributed by atoms with E-state index in [9.17, 15) is 9.59 Å². The van der Waals surface area contributed by atoms with E-state index >= 15 is 0 Å². The van der Waals surface area contributed by atoms with Crippen molar-refractivity contribution in [3.63, 3.8) is 0 Å². The van der Waals surface area contributed by atoms with E-state index in [-0.39, 0.29) is 18.9 Å². The lowest BCUT2D eigenvalue weighted by molar-refractivity contribution is -0.137. The van der Waals surface area contributed by atoms with Crippen LogP contribution in [0.2, 0.25) is 0 Å². The average molecular weight is 463 g/mol. The first-order valence-corrected chi connectivity index (χ1v) is 12.0. The van der Waals surface area contributed by atoms with E-state index in [4.69, 9.17) is 9.84 Å². The number of para-hydroxylation sites is 2. The van der Waals surface area contributed by atoms with Gasteiger partial charge in [0.05, 0.1) is 12.3 Å². The number of aromatic nitrogens is 1. The molecular formula is C28H34N2O4. The van der Waals surface area contributed by atoms with Crippen molar-refractivity contribution in [2.24, 2.45) is 0 Å². The molecule has 1 amide bonds. The van der Waals surface area contributed by atoms with Gasteiger partial charge in [-0.15, -0.1) is 0 Å². The van der Waals surface area contributed by atoms with Crippen LogP contribution in [0.5, 0.6) is 5.75 Å². The van der Waals surface area contributed by atoms with Crippen LogP contribution in [0.25, 0.3) is 16.5 Å². The smallest absolute Gasteiger partial charge is 0.303 e. The molecule has 34 heavy (non-hydrogen) atoms. The summed E-state index contributed by atoms with van der Waals surface area (Å²) in [6.07, 6.45) is 7.61. The zero-order chi connectivity index (χ0) is 24.5. The van der Waals surface area contributed by atoms with E-state index in [2.05, 4.69) is 54.2 Å². The van der Waals surface area contributed by atoms with Gasteiger partial charge in [-0.2, -0.15) is 0 Å². The Labute approximate surface area is 201 Å². The second-order valence-corrected chi connectivity index (χ2v) is 8.51. The Kier molecular flexibility index (Phi) is 8.91. The van der Waals surface area contributed by atoms with Crippen molar-refractivity contribution in [3.05, 3.63) is 66.4 Å². The van der Waals surface area contributed by atoms with Gasteiger partial charge in [-0.3, -0.25) is 9.59 Å². The summed E-state index contributed by atoms with van der Waals surface area (Å²) in [5, 5.41) is 12.8. The zero-order valence-electron chi connectivity index (χ0n) is 20.2. The van der Waals surface area contributed by atoms with Gasteiger partial charge >= 0.3 is 5.97 Å². The predicted octanol–water partition coefficient (Wildman–Crippen LogP) is 6.68. The van der Waals surface area contributed by atoms with Gasteiger partial charge in [0.25, 0.3) is 0 Å². The molecule has 1 unspecified atom stereocenters. The maximum Gasteiger partial charge on any atom is 0.303 e. The van der Waals surface area contributed by atoms with E-state index in [0.29, 0.717) is 23.9 Å². The second-order valence-electron chi connectivity index (χ2n) is 8.51. The fraction of sp³-hybridized carbons (Fsp3) is 0.357. The van der Waals surface area contributed by atoms with Crippen LogP contribution in [0.15, 0.2) is 60.8 Å². The number of ether oxygens (including phenoxy) is 1. The number of fused-ring (bicyclic) bond motifs is 1. The largest absolute Gasteiger partial charge is 0.491 e. The topological polar surface area (TPSA) is 80.6 Å². The van der Waals surface area contributed by atoms with Crippen molar-refractivity contribution in [1.29, 1.82) is 0 Å². The molecule has 1 atom stereocenters. The number of hydrogen-bond acceptors (Lipinski definition) is 3. The number of anilines is 1. The van der Waals surface area contributed by atoms with Crippen molar-refractivity contribution in [2.45, 2.75) is 58.9 Å². The van der Waals surface area contributed by atoms with Gasteiger partial charge < -0.3 is 19.7 Å². The molecular weight excluding hydrogens is 428 g/mol. The summed E-state index contributed by atoms with van der Waals surface area (Å²) in [5.74, 6) is -0.579. The monoisotopic (exact) mass is 462 g/mol. The second kappa shape index (κ2) is 12.1. The van der Waals surface area contributed by atoms with Gasteiger partial charge in [0.2, 0.25) is 5.91 Å². The number of benzene rings is 2. The molecule has 6 heteroatoms. The highest BCUT2D eigenvalue weighted by Crippen LogP contribution is 2.28. The maximum absolute atomic E-state index is 12.7. The molecule has 180 valence electrons. The molecule has 0 saturated carbocycles. The molecule has 0 fully saturated rings. The number of nitrogens with zero attached hydrogens (tertiary/aromatic N) is 1. The van der Waals surface area contributed by atoms with E-state index in [1.807, 2.05) is 19.1 Å². The molecule has 0 aliphatic carbocycles. The predicted molar refractivity (Wildman–Crippen MR) is 137 cm³/mol. The molecule has 3 aromatic rings. The molecule has 0 spiro atoms. The quantitative estimate of drug-likeness (QED) is 0.232. The van der Waals surface area contributed by atoms with Crippen LogP contribution >= 0.6 is 0 Å². The Balaban J connectivity index is 1.71. The SMILES string of the molecule is CCCC(CC)n1ccc2cc(C(C)=CC(=O)Nc3ccccc3OCCCC(=O)O)ccc21. The summed E-state index contributed by atoms with van der Waals surface area (Å²) >= 11 is 0. The number of nitrogens with one attached hydrogen (secondary N) is 1. The van der Waals surface area contributed by atoms with Crippen molar-refractivity contribution in [3.8, 4) is 5.75 Å². The fourth-order valence-corrected chi connectivity index (χ4v) is 4.15. The highest BCUT2D eigenvalue weighted by Gasteiger charge is 2.12. The molecule has 2 aromatic carbocycles. The third-order valence-electron chi connectivity index (χ3n) is 5.95. The maximum atomic E-state index is 12.7. The van der Waals surface area contributed by atoms with Gasteiger partial charge in [0, 0.05) is 35.6 Å². The zero-order valence-corrected chi connectivity index (χ0v) is 20.2. The molecule has 0 radical (unpaired) electrons. The third kappa shape index (κ3) is 6.50. The Bertz CT molecular complexity index is 1160. The standard InChI is InChI=1S/C28H34N2O4/c1-4-9-23(5-2)30-16-15-22-19-21(13-14-25(22)30)20(3)18-27(31)29-24-10-6-7-11-26(24)34-17-8-12-28(32)33/h6-7,10-11,13-16,18-19,23H,4-5,8-9,12,17H2,1-3H3,(H,29,31)(H,32,33). The Hall–Kier alpha value is -3.54. The van der Waals surface area contributed by atoms with Gasteiger partial charge in [-0.1, -0.05) is 38.5 Å². The molecule has 0 aliphatic rings. The molecule has 2 N–H and O–H groups in total. The molecule has 3 rings (SSSR count). The first-order chi connectivity index (χ1) is 16.4. The van der Waals surface area contributed by atoms with E-state index < -0.39 is 5.97 Å². The highest BCUT2D eigenvalue weighted by atomic mass is 16.5. The number of carbonyl (C=O) groups excluding carboxylic acids is 1. The van der Waals surface area contributed by atoms with E-state index in [0.717, 1.165) is 30.4 Å². The van der Waals surface area contributed by atoms with Gasteiger partial charge in [-0.25, -0.2) is 0 Å². The number of carboxylic acids is 1. The Morgan fingerprint density at radius 2 is 1.94 bits per heavy atom. The van der Waals surface area contributed by atoms with Crippen molar-refractivity contribution in [1.82, 2.24) is 4.57 Å². The van der Waals surface area contributed by atoms with Crippen LogP contribution in [-0.4, -0.2) is 28.2 Å². The lowest BCUT2D eigenvalue weighted by atomic mass is 10.0. The number of aliphatic carboxylic acids is 1. The summed E-state index contributed by atoms with van der Waals surface area (Å²) in [6, 6.07) is 16.1. The average Bonchev–Trinajstić information content (AvgIpc) is 3.24. The van der Waals surface area contributed by atoms with Crippen LogP contribution in [-0.2, 0) is 9.59 Å². The summed E-state index contributed by atoms with van der Waals surface area (Å²) in [7, 11) is 0. The molecule has 1 aromatic heterocycles. The third-order valence-corrected chi connectivity index (χ3v) is 5.95. The summed E-state index contributed by atoms with van der Waals surface area (Å²) in [6.45, 7) is 6.64. The molecule has 0 bridgehead atoms. The fourth-order valence-electron chi connectivity index (χ4n) is 4.15. The van der Waals surface area contributed by atoms with Crippen LogP contribution in [0, 0.1) is 0 Å². The Morgan fingerprint density at radius 1 is 1.15 bits per heavy atom. The summed E-state index contributed by atoms with van der Waals surface area (Å²) in [5.41, 5.74) is 3.64. The minimum Gasteiger partial charge on any atom is -0.491 e. The number of carbonyl (C=O) groups is 2. The summed E-state index contributed by atoms with van der Waals surface area (Å²) in [4.78, 5) is 23.4. The molecule has 0 saturated heterocycles. The van der Waals surface area contributed by atoms with Crippen LogP contribution in [0.1, 0.15) is 64.5 Å². The van der Waals surface area contributed by atoms with Gasteiger partial charge in [0.1, 0.15) is 5.75 Å². The lowest BCUT2D eigenvalue weighted by Crippen LogP contribution is -2.11. The lowest BCUT2D eigenvalue weighted by Gasteiger charge is -2.18. The van der Waals surface area contributed by atoms with E-state index in [1.165, 1.54) is 10.9 Å². The van der Waals surface area contributed by atoms with Crippen LogP contribution in [0.3, 0.4) is 0 Å². The first-order valence-electron chi connectivity index (χ1n) is 12.0. The summed E-state index contributed by atoms with van der Waals surface area (Å²) < 4.78 is 8.04. The van der Waals surface area contributed by atoms with Crippen molar-refractivity contribution in [2.75, 3.05) is 11.9 Å². The molecule has 1 heterocycles. The minimum absolute atomic E-state index is 0.0435. The van der Waals surface area contributed by atoms with Gasteiger partial charge in [0.15, 0.2) is 0 Å². The number of allylic oxidation sites excluding steroid dienone is 1. The van der Waals surface area contributed by atoms with Crippen LogP contribution < -0.4 is 10.1 Å².